The summed E-state index contributed by atoms with van der Waals surface area (Å²) < 4.78 is 2.40. The van der Waals surface area contributed by atoms with Crippen molar-refractivity contribution in [3.8, 4) is 0 Å². The summed E-state index contributed by atoms with van der Waals surface area (Å²) in [6.07, 6.45) is 22.2. The van der Waals surface area contributed by atoms with Crippen molar-refractivity contribution in [1.82, 2.24) is 4.98 Å². The number of rotatable bonds is 14. The van der Waals surface area contributed by atoms with Crippen LogP contribution in [0.25, 0.3) is 0 Å². The molecule has 0 aliphatic carbocycles. The lowest BCUT2D eigenvalue weighted by Crippen LogP contribution is -2.35. The Balaban J connectivity index is 0.00000129. The van der Waals surface area contributed by atoms with E-state index in [2.05, 4.69) is 35.8 Å². The van der Waals surface area contributed by atoms with Gasteiger partial charge in [-0.15, -0.1) is 0 Å². The fraction of sp³-hybridized carbons (Fsp3) is 0.810. The molecule has 0 fully saturated rings. The van der Waals surface area contributed by atoms with Gasteiger partial charge in [0.15, 0.2) is 0 Å². The fourth-order valence-corrected chi connectivity index (χ4v) is 2.93. The number of nitrogens with zero attached hydrogens (tertiary/aromatic N) is 1. The Kier molecular flexibility index (Phi) is 16.6. The quantitative estimate of drug-likeness (QED) is 0.400. The summed E-state index contributed by atoms with van der Waals surface area (Å²) >= 11 is 0. The van der Waals surface area contributed by atoms with Crippen LogP contribution in [-0.4, -0.2) is 11.0 Å². The lowest BCUT2D eigenvalue weighted by Gasteiger charge is -2.02. The third-order valence-electron chi connectivity index (χ3n) is 4.37. The van der Waals surface area contributed by atoms with Gasteiger partial charge in [-0.2, -0.15) is 0 Å². The van der Waals surface area contributed by atoms with Gasteiger partial charge in [0, 0.05) is 12.4 Å². The van der Waals surface area contributed by atoms with Gasteiger partial charge < -0.3 is 9.90 Å². The lowest BCUT2D eigenvalue weighted by molar-refractivity contribution is -0.703. The number of carboxylic acids is 1. The first-order chi connectivity index (χ1) is 12.1. The summed E-state index contributed by atoms with van der Waals surface area (Å²) in [5.41, 5.74) is 0. The molecular formula is C21H40N2O2. The topological polar surface area (TPSA) is 59.8 Å². The van der Waals surface area contributed by atoms with Crippen LogP contribution in [0.5, 0.6) is 0 Å². The number of aromatic nitrogens is 2. The van der Waals surface area contributed by atoms with Crippen LogP contribution >= 0.6 is 0 Å². The fourth-order valence-electron chi connectivity index (χ4n) is 2.93. The molecule has 1 heterocycles. The van der Waals surface area contributed by atoms with Crippen molar-refractivity contribution in [2.24, 2.45) is 0 Å². The second-order valence-electron chi connectivity index (χ2n) is 6.88. The molecule has 1 aromatic rings. The number of nitrogens with one attached hydrogen (secondary N) is 1. The molecule has 25 heavy (non-hydrogen) atoms. The molecule has 0 amide bonds. The number of carboxylic acid groups (broad SMARTS) is 1. The molecule has 1 aromatic heterocycles. The number of aryl methyl sites for hydroxylation is 2. The minimum Gasteiger partial charge on any atom is -0.550 e. The number of carbonyl (C=O) groups excluding carboxylic acids is 1. The van der Waals surface area contributed by atoms with Crippen LogP contribution < -0.4 is 9.67 Å². The third-order valence-corrected chi connectivity index (χ3v) is 4.37. The molecule has 0 aliphatic rings. The van der Waals surface area contributed by atoms with Crippen LogP contribution in [0, 0.1) is 0 Å². The maximum absolute atomic E-state index is 8.89. The van der Waals surface area contributed by atoms with Crippen LogP contribution in [0.1, 0.15) is 104 Å². The molecule has 146 valence electrons. The molecule has 0 radical (unpaired) electrons. The Labute approximate surface area is 155 Å². The molecule has 0 bridgehead atoms. The van der Waals surface area contributed by atoms with Crippen LogP contribution in [-0.2, 0) is 17.8 Å². The second kappa shape index (κ2) is 17.5. The molecule has 0 aliphatic heterocycles. The summed E-state index contributed by atoms with van der Waals surface area (Å²) in [6.45, 7) is 6.69. The first-order valence-corrected chi connectivity index (χ1v) is 10.3. The van der Waals surface area contributed by atoms with E-state index in [1.165, 1.54) is 95.8 Å². The average molecular weight is 353 g/mol. The molecular weight excluding hydrogens is 312 g/mol. The number of aliphatic carboxylic acids is 1. The van der Waals surface area contributed by atoms with E-state index in [0.29, 0.717) is 0 Å². The molecule has 4 heteroatoms. The molecule has 4 nitrogen and oxygen atoms in total. The van der Waals surface area contributed by atoms with Gasteiger partial charge in [-0.05, 0) is 19.8 Å². The van der Waals surface area contributed by atoms with Crippen molar-refractivity contribution in [2.45, 2.75) is 111 Å². The van der Waals surface area contributed by atoms with Gasteiger partial charge in [-0.3, -0.25) is 0 Å². The standard InChI is InChI=1S/C19H36N2.C2H4O2/c1-3-5-7-8-9-10-11-12-13-14-15-19-20-16-18-21(19)17-6-4-2;1-2(3)4/h16,18H,3-15,17H2,1-2H3;1H3,(H,3,4). The first kappa shape index (κ1) is 23.7. The zero-order chi connectivity index (χ0) is 18.8. The van der Waals surface area contributed by atoms with E-state index >= 15 is 0 Å². The molecule has 1 rings (SSSR count). The Hall–Kier alpha value is -1.32. The predicted molar refractivity (Wildman–Crippen MR) is 102 cm³/mol. The van der Waals surface area contributed by atoms with Crippen molar-refractivity contribution in [2.75, 3.05) is 0 Å². The van der Waals surface area contributed by atoms with Crippen molar-refractivity contribution in [1.29, 1.82) is 0 Å². The summed E-state index contributed by atoms with van der Waals surface area (Å²) in [5, 5.41) is 8.89. The van der Waals surface area contributed by atoms with Crippen LogP contribution in [0.2, 0.25) is 0 Å². The van der Waals surface area contributed by atoms with Crippen molar-refractivity contribution < 1.29 is 14.5 Å². The number of hydrogen-bond acceptors (Lipinski definition) is 2. The summed E-state index contributed by atoms with van der Waals surface area (Å²) in [7, 11) is 0. The summed E-state index contributed by atoms with van der Waals surface area (Å²) in [6, 6.07) is 0. The molecule has 0 aromatic carbocycles. The zero-order valence-electron chi connectivity index (χ0n) is 16.8. The molecule has 0 atom stereocenters. The van der Waals surface area contributed by atoms with Crippen molar-refractivity contribution >= 4 is 5.97 Å². The second-order valence-corrected chi connectivity index (χ2v) is 6.88. The summed E-state index contributed by atoms with van der Waals surface area (Å²) in [4.78, 5) is 12.3. The van der Waals surface area contributed by atoms with Crippen LogP contribution in [0.15, 0.2) is 12.4 Å². The minimum atomic E-state index is -1.08. The SMILES string of the molecule is CC(=O)[O-].CCCCCCCCCCCCc1[nH]cc[n+]1CCCC. The lowest BCUT2D eigenvalue weighted by atomic mass is 10.1. The van der Waals surface area contributed by atoms with Gasteiger partial charge in [0.2, 0.25) is 0 Å². The predicted octanol–water partition coefficient (Wildman–Crippen LogP) is 4.32. The summed E-state index contributed by atoms with van der Waals surface area (Å²) in [5.74, 6) is 0.336. The van der Waals surface area contributed by atoms with E-state index in [1.54, 1.807) is 0 Å². The van der Waals surface area contributed by atoms with E-state index < -0.39 is 5.97 Å². The van der Waals surface area contributed by atoms with Crippen LogP contribution in [0.3, 0.4) is 0 Å². The van der Waals surface area contributed by atoms with Gasteiger partial charge in [-0.25, -0.2) is 9.55 Å². The highest BCUT2D eigenvalue weighted by molar-refractivity contribution is 5.60. The van der Waals surface area contributed by atoms with Gasteiger partial charge in [-0.1, -0.05) is 78.1 Å². The number of H-pyrrole nitrogens is 1. The van der Waals surface area contributed by atoms with E-state index in [1.807, 2.05) is 0 Å². The van der Waals surface area contributed by atoms with Crippen LogP contribution in [0.4, 0.5) is 0 Å². The normalized spacial score (nSPS) is 10.4. The number of aromatic amines is 1. The zero-order valence-corrected chi connectivity index (χ0v) is 16.8. The highest BCUT2D eigenvalue weighted by Crippen LogP contribution is 2.11. The molecule has 0 saturated heterocycles. The van der Waals surface area contributed by atoms with E-state index in [4.69, 9.17) is 9.90 Å². The monoisotopic (exact) mass is 352 g/mol. The van der Waals surface area contributed by atoms with Gasteiger partial charge in [0.25, 0.3) is 5.82 Å². The van der Waals surface area contributed by atoms with E-state index in [-0.39, 0.29) is 0 Å². The van der Waals surface area contributed by atoms with Gasteiger partial charge in [0.1, 0.15) is 12.4 Å². The largest absolute Gasteiger partial charge is 0.550 e. The molecule has 1 N–H and O–H groups in total. The molecule has 0 spiro atoms. The Morgan fingerprint density at radius 3 is 1.92 bits per heavy atom. The Bertz CT molecular complexity index is 412. The maximum atomic E-state index is 8.89. The number of unbranched alkanes of at least 4 members (excludes halogenated alkanes) is 10. The number of carbonyl (C=O) groups is 1. The van der Waals surface area contributed by atoms with Crippen molar-refractivity contribution in [3.05, 3.63) is 18.2 Å². The molecule has 0 unspecified atom stereocenters. The highest BCUT2D eigenvalue weighted by Gasteiger charge is 2.08. The Morgan fingerprint density at radius 2 is 1.40 bits per heavy atom. The van der Waals surface area contributed by atoms with Crippen molar-refractivity contribution in [3.63, 3.8) is 0 Å². The molecule has 0 saturated carbocycles. The highest BCUT2D eigenvalue weighted by atomic mass is 16.4. The maximum Gasteiger partial charge on any atom is 0.254 e. The first-order valence-electron chi connectivity index (χ1n) is 10.3. The third kappa shape index (κ3) is 15.9. The van der Waals surface area contributed by atoms with Gasteiger partial charge in [0.05, 0.1) is 6.54 Å². The van der Waals surface area contributed by atoms with E-state index in [9.17, 15) is 0 Å². The smallest absolute Gasteiger partial charge is 0.254 e. The average Bonchev–Trinajstić information content (AvgIpc) is 3.01. The number of imidazole rings is 1. The minimum absolute atomic E-state index is 0.972. The van der Waals surface area contributed by atoms with Gasteiger partial charge >= 0.3 is 0 Å². The number of hydrogen-bond donors (Lipinski definition) is 1. The van der Waals surface area contributed by atoms with E-state index in [0.717, 1.165) is 6.92 Å². The Morgan fingerprint density at radius 1 is 0.920 bits per heavy atom.